The Balaban J connectivity index is 0.00000243. The smallest absolute Gasteiger partial charge is 0.242 e. The van der Waals surface area contributed by atoms with E-state index < -0.39 is 9.84 Å². The van der Waals surface area contributed by atoms with Crippen molar-refractivity contribution < 1.29 is 13.2 Å². The van der Waals surface area contributed by atoms with Gasteiger partial charge in [0, 0.05) is 25.7 Å². The normalized spacial score (nSPS) is 25.8. The first-order valence-corrected chi connectivity index (χ1v) is 10.8. The van der Waals surface area contributed by atoms with Gasteiger partial charge in [-0.1, -0.05) is 12.2 Å². The fourth-order valence-corrected chi connectivity index (χ4v) is 5.25. The topological polar surface area (TPSA) is 82.1 Å². The molecule has 0 radical (unpaired) electrons. The number of amides is 1. The third kappa shape index (κ3) is 5.83. The van der Waals surface area contributed by atoms with Gasteiger partial charge in [0.2, 0.25) is 5.91 Å². The van der Waals surface area contributed by atoms with E-state index in [0.717, 1.165) is 31.5 Å². The third-order valence-corrected chi connectivity index (χ3v) is 6.76. The zero-order valence-electron chi connectivity index (χ0n) is 15.3. The number of carbonyl (C=O) groups is 1. The lowest BCUT2D eigenvalue weighted by Gasteiger charge is -2.36. The average Bonchev–Trinajstić information content (AvgIpc) is 3.31. The van der Waals surface area contributed by atoms with E-state index in [1.54, 1.807) is 0 Å². The highest BCUT2D eigenvalue weighted by atomic mass is 127. The zero-order chi connectivity index (χ0) is 18.0. The minimum Gasteiger partial charge on any atom is -0.356 e. The van der Waals surface area contributed by atoms with Crippen LogP contribution in [0.4, 0.5) is 0 Å². The van der Waals surface area contributed by atoms with Gasteiger partial charge in [-0.25, -0.2) is 13.4 Å². The number of carbonyl (C=O) groups excluding carboxylic acids is 1. The molecule has 1 unspecified atom stereocenters. The van der Waals surface area contributed by atoms with E-state index in [-0.39, 0.29) is 47.3 Å². The van der Waals surface area contributed by atoms with Gasteiger partial charge in [0.05, 0.1) is 24.6 Å². The molecule has 3 fully saturated rings. The van der Waals surface area contributed by atoms with Crippen molar-refractivity contribution in [2.45, 2.75) is 32.2 Å². The van der Waals surface area contributed by atoms with Gasteiger partial charge in [0.25, 0.3) is 0 Å². The molecule has 0 aromatic heterocycles. The van der Waals surface area contributed by atoms with E-state index >= 15 is 0 Å². The number of halogens is 1. The Morgan fingerprint density at radius 3 is 2.58 bits per heavy atom. The molecule has 0 spiro atoms. The molecule has 2 aliphatic heterocycles. The highest BCUT2D eigenvalue weighted by molar-refractivity contribution is 14.0. The molecule has 148 valence electrons. The summed E-state index contributed by atoms with van der Waals surface area (Å²) in [6, 6.07) is 0.446. The molecule has 0 aromatic carbocycles. The second kappa shape index (κ2) is 8.90. The van der Waals surface area contributed by atoms with Crippen molar-refractivity contribution in [3.63, 3.8) is 0 Å². The lowest BCUT2D eigenvalue weighted by Crippen LogP contribution is -2.56. The summed E-state index contributed by atoms with van der Waals surface area (Å²) < 4.78 is 23.2. The van der Waals surface area contributed by atoms with Crippen LogP contribution in [0.1, 0.15) is 26.2 Å². The fraction of sp³-hybridized carbons (Fsp3) is 0.765. The first-order chi connectivity index (χ1) is 11.8. The molecule has 9 heteroatoms. The summed E-state index contributed by atoms with van der Waals surface area (Å²) in [5.74, 6) is 1.47. The van der Waals surface area contributed by atoms with Crippen LogP contribution in [-0.4, -0.2) is 80.4 Å². The first-order valence-electron chi connectivity index (χ1n) is 9.01. The number of guanidine groups is 1. The Bertz CT molecular complexity index is 675. The summed E-state index contributed by atoms with van der Waals surface area (Å²) in [5.41, 5.74) is 0.950. The number of hydrogen-bond donors (Lipinski definition) is 1. The van der Waals surface area contributed by atoms with Gasteiger partial charge < -0.3 is 15.1 Å². The number of sulfone groups is 1. The van der Waals surface area contributed by atoms with E-state index in [0.29, 0.717) is 38.1 Å². The van der Waals surface area contributed by atoms with Crippen LogP contribution in [-0.2, 0) is 14.6 Å². The predicted octanol–water partition coefficient (Wildman–Crippen LogP) is 0.867. The van der Waals surface area contributed by atoms with Crippen LogP contribution in [0, 0.1) is 5.92 Å². The number of rotatable bonds is 5. The van der Waals surface area contributed by atoms with Crippen molar-refractivity contribution in [3.8, 4) is 0 Å². The van der Waals surface area contributed by atoms with Gasteiger partial charge in [-0.15, -0.1) is 24.0 Å². The van der Waals surface area contributed by atoms with Crippen LogP contribution in [0.5, 0.6) is 0 Å². The van der Waals surface area contributed by atoms with Gasteiger partial charge in [-0.3, -0.25) is 4.79 Å². The molecule has 1 amide bonds. The quantitative estimate of drug-likeness (QED) is 0.265. The van der Waals surface area contributed by atoms with Crippen molar-refractivity contribution in [3.05, 3.63) is 12.2 Å². The van der Waals surface area contributed by atoms with Gasteiger partial charge in [0.15, 0.2) is 15.8 Å². The molecule has 3 rings (SSSR count). The monoisotopic (exact) mass is 496 g/mol. The van der Waals surface area contributed by atoms with Crippen LogP contribution in [0.3, 0.4) is 0 Å². The van der Waals surface area contributed by atoms with E-state index in [2.05, 4.69) is 16.9 Å². The maximum Gasteiger partial charge on any atom is 0.242 e. The molecule has 3 aliphatic rings. The van der Waals surface area contributed by atoms with E-state index in [1.807, 2.05) is 16.7 Å². The van der Waals surface area contributed by atoms with E-state index in [4.69, 9.17) is 0 Å². The van der Waals surface area contributed by atoms with Crippen molar-refractivity contribution in [2.24, 2.45) is 10.9 Å². The molecule has 1 saturated carbocycles. The molecule has 1 N–H and O–H groups in total. The third-order valence-electron chi connectivity index (χ3n) is 4.92. The maximum absolute atomic E-state index is 12.4. The second-order valence-corrected chi connectivity index (χ2v) is 9.72. The fourth-order valence-electron chi connectivity index (χ4n) is 3.39. The molecule has 0 bridgehead atoms. The summed E-state index contributed by atoms with van der Waals surface area (Å²) >= 11 is 0. The highest BCUT2D eigenvalue weighted by Gasteiger charge is 2.36. The predicted molar refractivity (Wildman–Crippen MR) is 114 cm³/mol. The zero-order valence-corrected chi connectivity index (χ0v) is 18.5. The largest absolute Gasteiger partial charge is 0.356 e. The number of aliphatic imine (C=N–C) groups is 1. The van der Waals surface area contributed by atoms with Crippen molar-refractivity contribution in [2.75, 3.05) is 44.2 Å². The molecular weight excluding hydrogens is 467 g/mol. The standard InChI is InChI=1S/C17H28N4O3S.HI/c1-13(2)9-18-17(19-10-14-5-8-25(23,24)12-14)20-6-7-21(15-3-4-15)16(22)11-20;/h14-15H,1,3-12H2,2H3,(H,18,19);1H. The molecule has 7 nitrogen and oxygen atoms in total. The lowest BCUT2D eigenvalue weighted by molar-refractivity contribution is -0.135. The Morgan fingerprint density at radius 1 is 1.31 bits per heavy atom. The van der Waals surface area contributed by atoms with Gasteiger partial charge in [0.1, 0.15) is 0 Å². The highest BCUT2D eigenvalue weighted by Crippen LogP contribution is 2.28. The van der Waals surface area contributed by atoms with E-state index in [1.165, 1.54) is 0 Å². The molecule has 26 heavy (non-hydrogen) atoms. The molecule has 2 saturated heterocycles. The second-order valence-electron chi connectivity index (χ2n) is 7.49. The molecule has 2 heterocycles. The Labute approximate surface area is 173 Å². The minimum atomic E-state index is -2.88. The van der Waals surface area contributed by atoms with Crippen LogP contribution < -0.4 is 5.32 Å². The van der Waals surface area contributed by atoms with Crippen molar-refractivity contribution >= 4 is 45.7 Å². The van der Waals surface area contributed by atoms with E-state index in [9.17, 15) is 13.2 Å². The summed E-state index contributed by atoms with van der Waals surface area (Å²) in [7, 11) is -2.88. The van der Waals surface area contributed by atoms with Crippen LogP contribution in [0.25, 0.3) is 0 Å². The average molecular weight is 496 g/mol. The number of hydrogen-bond acceptors (Lipinski definition) is 4. The summed E-state index contributed by atoms with van der Waals surface area (Å²) in [5, 5.41) is 3.30. The number of nitrogens with zero attached hydrogens (tertiary/aromatic N) is 3. The van der Waals surface area contributed by atoms with Gasteiger partial charge in [-0.05, 0) is 32.1 Å². The van der Waals surface area contributed by atoms with Gasteiger partial charge in [-0.2, -0.15) is 0 Å². The van der Waals surface area contributed by atoms with Gasteiger partial charge >= 0.3 is 0 Å². The van der Waals surface area contributed by atoms with Crippen molar-refractivity contribution in [1.29, 1.82) is 0 Å². The molecule has 0 aromatic rings. The maximum atomic E-state index is 12.4. The van der Waals surface area contributed by atoms with Crippen molar-refractivity contribution in [1.82, 2.24) is 15.1 Å². The molecule has 1 atom stereocenters. The van der Waals surface area contributed by atoms with Crippen LogP contribution in [0.2, 0.25) is 0 Å². The molecule has 1 aliphatic carbocycles. The first kappa shape index (κ1) is 21.5. The Kier molecular flexibility index (Phi) is 7.35. The number of piperazine rings is 1. The Morgan fingerprint density at radius 2 is 2.04 bits per heavy atom. The Hall–Kier alpha value is -0.840. The summed E-state index contributed by atoms with van der Waals surface area (Å²) in [6.07, 6.45) is 2.94. The summed E-state index contributed by atoms with van der Waals surface area (Å²) in [4.78, 5) is 20.9. The summed E-state index contributed by atoms with van der Waals surface area (Å²) in [6.45, 7) is 8.70. The minimum absolute atomic E-state index is 0. The lowest BCUT2D eigenvalue weighted by atomic mass is 10.1. The molecular formula is C17H29IN4O3S. The van der Waals surface area contributed by atoms with Crippen LogP contribution >= 0.6 is 24.0 Å². The SMILES string of the molecule is C=C(C)CN=C(NCC1CCS(=O)(=O)C1)N1CCN(C2CC2)C(=O)C1.I. The van der Waals surface area contributed by atoms with Crippen LogP contribution in [0.15, 0.2) is 17.1 Å². The number of nitrogens with one attached hydrogen (secondary N) is 1.